The molecule has 0 aromatic carbocycles. The second-order valence-corrected chi connectivity index (χ2v) is 6.24. The molecule has 1 saturated carbocycles. The van der Waals surface area contributed by atoms with Gasteiger partial charge in [-0.15, -0.1) is 0 Å². The lowest BCUT2D eigenvalue weighted by atomic mass is 9.93. The van der Waals surface area contributed by atoms with Crippen LogP contribution in [0.5, 0.6) is 0 Å². The molecule has 0 radical (unpaired) electrons. The molecule has 88 valence electrons. The lowest BCUT2D eigenvalue weighted by Crippen LogP contribution is -2.27. The standard InChI is InChI=1S/C13H25NO/c1-13(2)7-9-14(10-13)8-6-11-4-3-5-12(11)15/h11-12,15H,3-10H2,1-2H3. The average Bonchev–Trinajstić information content (AvgIpc) is 2.69. The highest BCUT2D eigenvalue weighted by molar-refractivity contribution is 4.84. The van der Waals surface area contributed by atoms with Crippen LogP contribution in [0.3, 0.4) is 0 Å². The van der Waals surface area contributed by atoms with Crippen LogP contribution in [0.2, 0.25) is 0 Å². The van der Waals surface area contributed by atoms with E-state index >= 15 is 0 Å². The van der Waals surface area contributed by atoms with E-state index in [1.165, 1.54) is 45.3 Å². The highest BCUT2D eigenvalue weighted by Gasteiger charge is 2.30. The predicted octanol–water partition coefficient (Wildman–Crippen LogP) is 2.27. The molecule has 2 rings (SSSR count). The largest absolute Gasteiger partial charge is 0.393 e. The number of nitrogens with zero attached hydrogens (tertiary/aromatic N) is 1. The van der Waals surface area contributed by atoms with E-state index in [1.54, 1.807) is 0 Å². The van der Waals surface area contributed by atoms with Crippen LogP contribution in [-0.2, 0) is 0 Å². The van der Waals surface area contributed by atoms with E-state index in [-0.39, 0.29) is 6.10 Å². The molecule has 2 heteroatoms. The summed E-state index contributed by atoms with van der Waals surface area (Å²) in [5.74, 6) is 0.591. The van der Waals surface area contributed by atoms with Gasteiger partial charge in [0.15, 0.2) is 0 Å². The zero-order chi connectivity index (χ0) is 10.9. The molecular formula is C13H25NO. The minimum atomic E-state index is 0.000568. The summed E-state index contributed by atoms with van der Waals surface area (Å²) in [6, 6.07) is 0. The molecule has 1 heterocycles. The second-order valence-electron chi connectivity index (χ2n) is 6.24. The number of aliphatic hydroxyl groups is 1. The molecule has 2 fully saturated rings. The Bertz CT molecular complexity index is 215. The summed E-state index contributed by atoms with van der Waals surface area (Å²) >= 11 is 0. The first kappa shape index (κ1) is 11.4. The van der Waals surface area contributed by atoms with Crippen molar-refractivity contribution in [1.82, 2.24) is 4.90 Å². The molecule has 1 N–H and O–H groups in total. The van der Waals surface area contributed by atoms with Crippen LogP contribution in [0.1, 0.15) is 46.0 Å². The van der Waals surface area contributed by atoms with Crippen LogP contribution in [0.25, 0.3) is 0 Å². The Balaban J connectivity index is 1.70. The molecule has 0 amide bonds. The quantitative estimate of drug-likeness (QED) is 0.774. The molecule has 2 unspecified atom stereocenters. The maximum absolute atomic E-state index is 9.75. The van der Waals surface area contributed by atoms with E-state index in [9.17, 15) is 5.11 Å². The fraction of sp³-hybridized carbons (Fsp3) is 1.00. The maximum Gasteiger partial charge on any atom is 0.0568 e. The molecule has 1 saturated heterocycles. The van der Waals surface area contributed by atoms with E-state index in [4.69, 9.17) is 0 Å². The van der Waals surface area contributed by atoms with Crippen molar-refractivity contribution >= 4 is 0 Å². The summed E-state index contributed by atoms with van der Waals surface area (Å²) in [5.41, 5.74) is 0.522. The van der Waals surface area contributed by atoms with E-state index in [2.05, 4.69) is 18.7 Å². The zero-order valence-electron chi connectivity index (χ0n) is 10.2. The van der Waals surface area contributed by atoms with Crippen LogP contribution in [0, 0.1) is 11.3 Å². The summed E-state index contributed by atoms with van der Waals surface area (Å²) in [7, 11) is 0. The normalized spacial score (nSPS) is 36.2. The number of hydrogen-bond donors (Lipinski definition) is 1. The third-order valence-electron chi connectivity index (χ3n) is 4.19. The van der Waals surface area contributed by atoms with Gasteiger partial charge in [-0.25, -0.2) is 0 Å². The number of aliphatic hydroxyl groups excluding tert-OH is 1. The first-order valence-electron chi connectivity index (χ1n) is 6.47. The van der Waals surface area contributed by atoms with E-state index in [0.29, 0.717) is 11.3 Å². The predicted molar refractivity (Wildman–Crippen MR) is 62.8 cm³/mol. The Morgan fingerprint density at radius 2 is 2.13 bits per heavy atom. The maximum atomic E-state index is 9.75. The monoisotopic (exact) mass is 211 g/mol. The Labute approximate surface area is 93.7 Å². The van der Waals surface area contributed by atoms with Crippen LogP contribution in [-0.4, -0.2) is 35.7 Å². The summed E-state index contributed by atoms with van der Waals surface area (Å²) < 4.78 is 0. The molecule has 2 atom stereocenters. The van der Waals surface area contributed by atoms with Gasteiger partial charge in [0.1, 0.15) is 0 Å². The summed E-state index contributed by atoms with van der Waals surface area (Å²) in [5, 5.41) is 9.75. The first-order valence-corrected chi connectivity index (χ1v) is 6.47. The van der Waals surface area contributed by atoms with Gasteiger partial charge in [-0.1, -0.05) is 20.3 Å². The van der Waals surface area contributed by atoms with Crippen LogP contribution in [0.4, 0.5) is 0 Å². The number of rotatable bonds is 3. The average molecular weight is 211 g/mol. The Hall–Kier alpha value is -0.0800. The van der Waals surface area contributed by atoms with Crippen LogP contribution in [0.15, 0.2) is 0 Å². The highest BCUT2D eigenvalue weighted by Crippen LogP contribution is 2.31. The fourth-order valence-electron chi connectivity index (χ4n) is 3.12. The van der Waals surface area contributed by atoms with Gasteiger partial charge in [0.05, 0.1) is 6.10 Å². The molecular weight excluding hydrogens is 186 g/mol. The molecule has 1 aliphatic carbocycles. The minimum absolute atomic E-state index is 0.000568. The first-order chi connectivity index (χ1) is 7.07. The SMILES string of the molecule is CC1(C)CCN(CCC2CCCC2O)C1. The van der Waals surface area contributed by atoms with Crippen molar-refractivity contribution in [3.63, 3.8) is 0 Å². The molecule has 2 nitrogen and oxygen atoms in total. The number of hydrogen-bond acceptors (Lipinski definition) is 2. The number of likely N-dealkylation sites (tertiary alicyclic amines) is 1. The Kier molecular flexibility index (Phi) is 3.36. The van der Waals surface area contributed by atoms with Gasteiger partial charge in [-0.05, 0) is 50.1 Å². The van der Waals surface area contributed by atoms with Gasteiger partial charge in [-0.3, -0.25) is 0 Å². The second kappa shape index (κ2) is 4.42. The third kappa shape index (κ3) is 2.94. The lowest BCUT2D eigenvalue weighted by Gasteiger charge is -2.22. The van der Waals surface area contributed by atoms with Crippen molar-refractivity contribution in [2.75, 3.05) is 19.6 Å². The molecule has 1 aliphatic heterocycles. The van der Waals surface area contributed by atoms with Gasteiger partial charge in [0.2, 0.25) is 0 Å². The highest BCUT2D eigenvalue weighted by atomic mass is 16.3. The van der Waals surface area contributed by atoms with Crippen molar-refractivity contribution in [3.05, 3.63) is 0 Å². The van der Waals surface area contributed by atoms with Crippen molar-refractivity contribution in [2.24, 2.45) is 11.3 Å². The van der Waals surface area contributed by atoms with Crippen molar-refractivity contribution < 1.29 is 5.11 Å². The van der Waals surface area contributed by atoms with Gasteiger partial charge in [0, 0.05) is 6.54 Å². The van der Waals surface area contributed by atoms with Crippen molar-refractivity contribution in [2.45, 2.75) is 52.1 Å². The minimum Gasteiger partial charge on any atom is -0.393 e. The van der Waals surface area contributed by atoms with Gasteiger partial charge >= 0.3 is 0 Å². The summed E-state index contributed by atoms with van der Waals surface area (Å²) in [6.45, 7) is 8.42. The van der Waals surface area contributed by atoms with E-state index < -0.39 is 0 Å². The smallest absolute Gasteiger partial charge is 0.0568 e. The third-order valence-corrected chi connectivity index (χ3v) is 4.19. The van der Waals surface area contributed by atoms with Crippen LogP contribution >= 0.6 is 0 Å². The lowest BCUT2D eigenvalue weighted by molar-refractivity contribution is 0.119. The summed E-state index contributed by atoms with van der Waals surface area (Å²) in [4.78, 5) is 2.57. The van der Waals surface area contributed by atoms with Gasteiger partial charge < -0.3 is 10.0 Å². The molecule has 15 heavy (non-hydrogen) atoms. The zero-order valence-corrected chi connectivity index (χ0v) is 10.2. The molecule has 0 aromatic rings. The molecule has 0 spiro atoms. The Morgan fingerprint density at radius 1 is 1.33 bits per heavy atom. The molecule has 2 aliphatic rings. The fourth-order valence-corrected chi connectivity index (χ4v) is 3.12. The Morgan fingerprint density at radius 3 is 2.67 bits per heavy atom. The van der Waals surface area contributed by atoms with Crippen LogP contribution < -0.4 is 0 Å². The van der Waals surface area contributed by atoms with Gasteiger partial charge in [-0.2, -0.15) is 0 Å². The van der Waals surface area contributed by atoms with Crippen molar-refractivity contribution in [3.8, 4) is 0 Å². The topological polar surface area (TPSA) is 23.5 Å². The molecule has 0 bridgehead atoms. The van der Waals surface area contributed by atoms with E-state index in [1.807, 2.05) is 0 Å². The van der Waals surface area contributed by atoms with Gasteiger partial charge in [0.25, 0.3) is 0 Å². The van der Waals surface area contributed by atoms with Crippen molar-refractivity contribution in [1.29, 1.82) is 0 Å². The molecule has 0 aromatic heterocycles. The summed E-state index contributed by atoms with van der Waals surface area (Å²) in [6.07, 6.45) is 6.06. The van der Waals surface area contributed by atoms with E-state index in [0.717, 1.165) is 6.42 Å².